The number of nitrogens with one attached hydrogen (secondary N) is 2. The molecule has 1 aromatic heterocycles. The van der Waals surface area contributed by atoms with E-state index in [1.54, 1.807) is 12.1 Å². The number of carbonyl (C=O) groups excluding carboxylic acids is 1. The number of aromatic nitrogens is 1. The number of nitrogens with zero attached hydrogens (tertiary/aromatic N) is 1. The maximum atomic E-state index is 13.2. The van der Waals surface area contributed by atoms with Gasteiger partial charge in [0.1, 0.15) is 11.5 Å². The van der Waals surface area contributed by atoms with E-state index in [0.717, 1.165) is 12.2 Å². The van der Waals surface area contributed by atoms with E-state index in [4.69, 9.17) is 11.6 Å². The molecule has 0 aliphatic heterocycles. The van der Waals surface area contributed by atoms with Crippen LogP contribution in [0.25, 0.3) is 0 Å². The molecule has 2 rings (SSSR count). The third kappa shape index (κ3) is 3.68. The molecule has 4 nitrogen and oxygen atoms in total. The topological polar surface area (TPSA) is 54.0 Å². The Hall–Kier alpha value is -2.14. The molecule has 1 aromatic carbocycles. The van der Waals surface area contributed by atoms with Crippen LogP contribution in [0.3, 0.4) is 0 Å². The Morgan fingerprint density at radius 2 is 2.10 bits per heavy atom. The second kappa shape index (κ2) is 6.34. The maximum Gasteiger partial charge on any atom is 0.274 e. The normalized spacial score (nSPS) is 10.2. The second-order valence-corrected chi connectivity index (χ2v) is 4.51. The van der Waals surface area contributed by atoms with Gasteiger partial charge in [-0.25, -0.2) is 4.39 Å². The fourth-order valence-electron chi connectivity index (χ4n) is 1.69. The highest BCUT2D eigenvalue weighted by Gasteiger charge is 2.09. The predicted octanol–water partition coefficient (Wildman–Crippen LogP) is 3.56. The number of carbonyl (C=O) groups is 1. The minimum absolute atomic E-state index is 0.217. The highest BCUT2D eigenvalue weighted by molar-refractivity contribution is 6.31. The lowest BCUT2D eigenvalue weighted by atomic mass is 10.2. The van der Waals surface area contributed by atoms with Crippen molar-refractivity contribution in [3.05, 3.63) is 53.1 Å². The highest BCUT2D eigenvalue weighted by atomic mass is 35.5. The second-order valence-electron chi connectivity index (χ2n) is 4.07. The Morgan fingerprint density at radius 1 is 1.30 bits per heavy atom. The summed E-state index contributed by atoms with van der Waals surface area (Å²) in [5.41, 5.74) is 1.32. The van der Waals surface area contributed by atoms with Crippen LogP contribution in [0.5, 0.6) is 0 Å². The van der Waals surface area contributed by atoms with Crippen molar-refractivity contribution in [2.24, 2.45) is 0 Å². The molecule has 0 atom stereocenters. The monoisotopic (exact) mass is 293 g/mol. The number of halogens is 2. The molecule has 1 heterocycles. The van der Waals surface area contributed by atoms with Crippen LogP contribution >= 0.6 is 11.6 Å². The van der Waals surface area contributed by atoms with E-state index < -0.39 is 11.7 Å². The molecule has 1 amide bonds. The molecule has 0 radical (unpaired) electrons. The van der Waals surface area contributed by atoms with E-state index in [9.17, 15) is 9.18 Å². The van der Waals surface area contributed by atoms with Crippen LogP contribution in [0, 0.1) is 5.82 Å². The van der Waals surface area contributed by atoms with E-state index in [1.165, 1.54) is 24.4 Å². The van der Waals surface area contributed by atoms with Crippen molar-refractivity contribution in [1.82, 2.24) is 4.98 Å². The molecule has 0 saturated heterocycles. The van der Waals surface area contributed by atoms with Gasteiger partial charge in [0.2, 0.25) is 0 Å². The van der Waals surface area contributed by atoms with Crippen LogP contribution in [0.1, 0.15) is 17.4 Å². The van der Waals surface area contributed by atoms with Crippen molar-refractivity contribution in [2.75, 3.05) is 17.2 Å². The van der Waals surface area contributed by atoms with Crippen molar-refractivity contribution < 1.29 is 9.18 Å². The lowest BCUT2D eigenvalue weighted by Crippen LogP contribution is -2.14. The van der Waals surface area contributed by atoms with Crippen LogP contribution in [0.4, 0.5) is 15.8 Å². The van der Waals surface area contributed by atoms with Gasteiger partial charge in [-0.15, -0.1) is 0 Å². The predicted molar refractivity (Wildman–Crippen MR) is 77.8 cm³/mol. The summed E-state index contributed by atoms with van der Waals surface area (Å²) < 4.78 is 13.2. The molecule has 20 heavy (non-hydrogen) atoms. The highest BCUT2D eigenvalue weighted by Crippen LogP contribution is 2.19. The molecule has 0 unspecified atom stereocenters. The lowest BCUT2D eigenvalue weighted by molar-refractivity contribution is 0.102. The number of pyridine rings is 1. The Morgan fingerprint density at radius 3 is 2.80 bits per heavy atom. The third-order valence-electron chi connectivity index (χ3n) is 2.49. The quantitative estimate of drug-likeness (QED) is 0.906. The first-order valence-corrected chi connectivity index (χ1v) is 6.43. The summed E-state index contributed by atoms with van der Waals surface area (Å²) in [4.78, 5) is 16.0. The van der Waals surface area contributed by atoms with Gasteiger partial charge in [-0.1, -0.05) is 11.6 Å². The summed E-state index contributed by atoms with van der Waals surface area (Å²) in [5, 5.41) is 5.86. The fraction of sp³-hybridized carbons (Fsp3) is 0.143. The average molecular weight is 294 g/mol. The van der Waals surface area contributed by atoms with Gasteiger partial charge in [0, 0.05) is 29.1 Å². The minimum Gasteiger partial charge on any atom is -0.385 e. The zero-order valence-corrected chi connectivity index (χ0v) is 11.5. The van der Waals surface area contributed by atoms with Gasteiger partial charge in [-0.2, -0.15) is 0 Å². The van der Waals surface area contributed by atoms with Crippen LogP contribution in [-0.4, -0.2) is 17.4 Å². The number of benzene rings is 1. The van der Waals surface area contributed by atoms with Crippen LogP contribution < -0.4 is 10.6 Å². The van der Waals surface area contributed by atoms with Gasteiger partial charge >= 0.3 is 0 Å². The Kier molecular flexibility index (Phi) is 4.53. The molecule has 0 aliphatic carbocycles. The van der Waals surface area contributed by atoms with Crippen LogP contribution in [0.15, 0.2) is 36.5 Å². The van der Waals surface area contributed by atoms with Crippen LogP contribution in [-0.2, 0) is 0 Å². The van der Waals surface area contributed by atoms with E-state index in [1.807, 2.05) is 6.92 Å². The largest absolute Gasteiger partial charge is 0.385 e. The third-order valence-corrected chi connectivity index (χ3v) is 2.71. The van der Waals surface area contributed by atoms with E-state index in [2.05, 4.69) is 15.6 Å². The van der Waals surface area contributed by atoms with Gasteiger partial charge in [-0.3, -0.25) is 9.78 Å². The first-order valence-electron chi connectivity index (χ1n) is 6.06. The van der Waals surface area contributed by atoms with Crippen molar-refractivity contribution in [1.29, 1.82) is 0 Å². The molecule has 2 aromatic rings. The zero-order valence-electron chi connectivity index (χ0n) is 10.8. The summed E-state index contributed by atoms with van der Waals surface area (Å²) in [7, 11) is 0. The molecule has 0 fully saturated rings. The Labute approximate surface area is 121 Å². The average Bonchev–Trinajstić information content (AvgIpc) is 2.38. The van der Waals surface area contributed by atoms with Gasteiger partial charge in [-0.05, 0) is 37.3 Å². The number of anilines is 2. The van der Waals surface area contributed by atoms with E-state index >= 15 is 0 Å². The molecule has 0 spiro atoms. The molecule has 6 heteroatoms. The van der Waals surface area contributed by atoms with Gasteiger partial charge in [0.15, 0.2) is 0 Å². The summed E-state index contributed by atoms with van der Waals surface area (Å²) >= 11 is 5.73. The zero-order chi connectivity index (χ0) is 14.5. The van der Waals surface area contributed by atoms with Gasteiger partial charge in [0.05, 0.1) is 0 Å². The van der Waals surface area contributed by atoms with Gasteiger partial charge < -0.3 is 10.6 Å². The summed E-state index contributed by atoms with van der Waals surface area (Å²) in [6.45, 7) is 2.69. The van der Waals surface area contributed by atoms with Crippen molar-refractivity contribution in [2.45, 2.75) is 6.92 Å². The van der Waals surface area contributed by atoms with Crippen LogP contribution in [0.2, 0.25) is 5.02 Å². The molecule has 0 bridgehead atoms. The molecule has 0 aliphatic rings. The number of hydrogen-bond donors (Lipinski definition) is 2. The summed E-state index contributed by atoms with van der Waals surface area (Å²) in [6.07, 6.45) is 1.53. The minimum atomic E-state index is -0.512. The molecular formula is C14H13ClFN3O. The smallest absolute Gasteiger partial charge is 0.274 e. The molecule has 104 valence electrons. The van der Waals surface area contributed by atoms with Crippen molar-refractivity contribution >= 4 is 28.9 Å². The molecule has 2 N–H and O–H groups in total. The Bertz CT molecular complexity index is 613. The summed E-state index contributed by atoms with van der Waals surface area (Å²) in [6, 6.07) is 7.22. The lowest BCUT2D eigenvalue weighted by Gasteiger charge is -2.07. The van der Waals surface area contributed by atoms with E-state index in [0.29, 0.717) is 0 Å². The van der Waals surface area contributed by atoms with Gasteiger partial charge in [0.25, 0.3) is 5.91 Å². The van der Waals surface area contributed by atoms with Crippen molar-refractivity contribution in [3.8, 4) is 0 Å². The first kappa shape index (κ1) is 14.3. The first-order chi connectivity index (χ1) is 9.58. The summed E-state index contributed by atoms with van der Waals surface area (Å²) in [5.74, 6) is -0.937. The van der Waals surface area contributed by atoms with Crippen molar-refractivity contribution in [3.63, 3.8) is 0 Å². The number of rotatable bonds is 4. The Balaban J connectivity index is 2.17. The molecular weight excluding hydrogens is 281 g/mol. The number of amides is 1. The number of hydrogen-bond acceptors (Lipinski definition) is 3. The standard InChI is InChI=1S/C14H13ClFN3O/c1-2-17-11-3-4-18-13(8-11)14(20)19-12-6-9(15)5-10(16)7-12/h3-8H,2H2,1H3,(H,17,18)(H,19,20). The SMILES string of the molecule is CCNc1ccnc(C(=O)Nc2cc(F)cc(Cl)c2)c1. The molecule has 0 saturated carbocycles. The van der Waals surface area contributed by atoms with E-state index in [-0.39, 0.29) is 16.4 Å². The fourth-order valence-corrected chi connectivity index (χ4v) is 1.91. The maximum absolute atomic E-state index is 13.2.